The molecule has 0 spiro atoms. The number of carbonyl (C=O) groups excluding carboxylic acids is 1. The van der Waals surface area contributed by atoms with E-state index in [1.54, 1.807) is 7.11 Å². The van der Waals surface area contributed by atoms with Crippen LogP contribution in [0.25, 0.3) is 0 Å². The summed E-state index contributed by atoms with van der Waals surface area (Å²) in [6, 6.07) is 7.82. The molecule has 2 N–H and O–H groups in total. The summed E-state index contributed by atoms with van der Waals surface area (Å²) in [4.78, 5) is 12.2. The van der Waals surface area contributed by atoms with Crippen LogP contribution in [0.5, 0.6) is 5.75 Å². The van der Waals surface area contributed by atoms with Gasteiger partial charge in [-0.15, -0.1) is 0 Å². The molecular weight excluding hydrogens is 240 g/mol. The zero-order valence-electron chi connectivity index (χ0n) is 11.6. The fourth-order valence-electron chi connectivity index (χ4n) is 2.40. The Kier molecular flexibility index (Phi) is 4.80. The van der Waals surface area contributed by atoms with Gasteiger partial charge in [-0.3, -0.25) is 4.79 Å². The molecule has 4 heteroatoms. The number of hydrogen-bond donors (Lipinski definition) is 2. The van der Waals surface area contributed by atoms with Crippen molar-refractivity contribution < 1.29 is 9.53 Å². The molecule has 1 aliphatic heterocycles. The van der Waals surface area contributed by atoms with Crippen molar-refractivity contribution in [1.82, 2.24) is 10.6 Å². The third-order valence-corrected chi connectivity index (χ3v) is 3.62. The van der Waals surface area contributed by atoms with Crippen molar-refractivity contribution in [3.8, 4) is 5.75 Å². The molecule has 2 atom stereocenters. The van der Waals surface area contributed by atoms with Gasteiger partial charge in [-0.1, -0.05) is 12.1 Å². The Morgan fingerprint density at radius 3 is 3.05 bits per heavy atom. The molecule has 1 aromatic rings. The van der Waals surface area contributed by atoms with E-state index < -0.39 is 0 Å². The topological polar surface area (TPSA) is 50.4 Å². The van der Waals surface area contributed by atoms with Crippen LogP contribution in [0.3, 0.4) is 0 Å². The largest absolute Gasteiger partial charge is 0.497 e. The van der Waals surface area contributed by atoms with Gasteiger partial charge in [0.2, 0.25) is 5.91 Å². The van der Waals surface area contributed by atoms with Gasteiger partial charge in [0.25, 0.3) is 0 Å². The first-order valence-electron chi connectivity index (χ1n) is 6.85. The number of nitrogens with one attached hydrogen (secondary N) is 2. The van der Waals surface area contributed by atoms with E-state index in [4.69, 9.17) is 4.74 Å². The standard InChI is InChI=1S/C15H22N2O2/c1-11(12-5-3-7-14(9-12)19-2)17-15(18)13-6-4-8-16-10-13/h3,5,7,9,11,13,16H,4,6,8,10H2,1-2H3,(H,17,18)/t11?,13-/m1/s1. The van der Waals surface area contributed by atoms with Gasteiger partial charge in [0.05, 0.1) is 19.1 Å². The lowest BCUT2D eigenvalue weighted by Crippen LogP contribution is -2.41. The fourth-order valence-corrected chi connectivity index (χ4v) is 2.40. The maximum atomic E-state index is 12.2. The van der Waals surface area contributed by atoms with Crippen molar-refractivity contribution in [2.75, 3.05) is 20.2 Å². The second kappa shape index (κ2) is 6.57. The first-order chi connectivity index (χ1) is 9.20. The maximum absolute atomic E-state index is 12.2. The molecule has 104 valence electrons. The van der Waals surface area contributed by atoms with Gasteiger partial charge in [0.1, 0.15) is 5.75 Å². The van der Waals surface area contributed by atoms with Gasteiger partial charge in [-0.2, -0.15) is 0 Å². The van der Waals surface area contributed by atoms with E-state index >= 15 is 0 Å². The molecule has 2 rings (SSSR count). The SMILES string of the molecule is COc1cccc(C(C)NC(=O)[C@@H]2CCCNC2)c1. The first-order valence-corrected chi connectivity index (χ1v) is 6.85. The highest BCUT2D eigenvalue weighted by molar-refractivity contribution is 5.79. The number of ether oxygens (including phenoxy) is 1. The summed E-state index contributed by atoms with van der Waals surface area (Å²) in [5.74, 6) is 1.06. The molecule has 1 aromatic carbocycles. The molecule has 1 aliphatic rings. The lowest BCUT2D eigenvalue weighted by atomic mass is 9.98. The van der Waals surface area contributed by atoms with Crippen LogP contribution in [0.2, 0.25) is 0 Å². The maximum Gasteiger partial charge on any atom is 0.224 e. The third kappa shape index (κ3) is 3.70. The highest BCUT2D eigenvalue weighted by Gasteiger charge is 2.22. The van der Waals surface area contributed by atoms with Crippen LogP contribution >= 0.6 is 0 Å². The van der Waals surface area contributed by atoms with E-state index in [0.717, 1.165) is 37.2 Å². The first kappa shape index (κ1) is 13.9. The number of hydrogen-bond acceptors (Lipinski definition) is 3. The minimum Gasteiger partial charge on any atom is -0.497 e. The lowest BCUT2D eigenvalue weighted by molar-refractivity contribution is -0.126. The van der Waals surface area contributed by atoms with Gasteiger partial charge < -0.3 is 15.4 Å². The molecule has 4 nitrogen and oxygen atoms in total. The minimum absolute atomic E-state index is 0.00419. The zero-order valence-corrected chi connectivity index (χ0v) is 11.6. The molecule has 1 heterocycles. The van der Waals surface area contributed by atoms with Crippen molar-refractivity contribution in [3.63, 3.8) is 0 Å². The van der Waals surface area contributed by atoms with E-state index in [-0.39, 0.29) is 17.9 Å². The van der Waals surface area contributed by atoms with Crippen LogP contribution in [-0.4, -0.2) is 26.1 Å². The molecule has 0 aliphatic carbocycles. The molecule has 0 radical (unpaired) electrons. The second-order valence-electron chi connectivity index (χ2n) is 5.05. The highest BCUT2D eigenvalue weighted by atomic mass is 16.5. The van der Waals surface area contributed by atoms with E-state index in [1.807, 2.05) is 31.2 Å². The van der Waals surface area contributed by atoms with E-state index in [1.165, 1.54) is 0 Å². The number of methoxy groups -OCH3 is 1. The molecule has 0 aromatic heterocycles. The summed E-state index contributed by atoms with van der Waals surface area (Å²) in [5, 5.41) is 6.35. The van der Waals surface area contributed by atoms with Crippen LogP contribution in [0.4, 0.5) is 0 Å². The predicted octanol–water partition coefficient (Wildman–Crippen LogP) is 1.87. The van der Waals surface area contributed by atoms with Crippen molar-refractivity contribution in [1.29, 1.82) is 0 Å². The van der Waals surface area contributed by atoms with E-state index in [9.17, 15) is 4.79 Å². The zero-order chi connectivity index (χ0) is 13.7. The molecule has 19 heavy (non-hydrogen) atoms. The summed E-state index contributed by atoms with van der Waals surface area (Å²) in [7, 11) is 1.65. The Labute approximate surface area is 114 Å². The average molecular weight is 262 g/mol. The van der Waals surface area contributed by atoms with Gasteiger partial charge in [0.15, 0.2) is 0 Å². The van der Waals surface area contributed by atoms with Crippen molar-refractivity contribution in [3.05, 3.63) is 29.8 Å². The van der Waals surface area contributed by atoms with Crippen LogP contribution in [0.15, 0.2) is 24.3 Å². The number of piperidine rings is 1. The fraction of sp³-hybridized carbons (Fsp3) is 0.533. The summed E-state index contributed by atoms with van der Waals surface area (Å²) >= 11 is 0. The Morgan fingerprint density at radius 1 is 1.53 bits per heavy atom. The smallest absolute Gasteiger partial charge is 0.224 e. The van der Waals surface area contributed by atoms with Gasteiger partial charge >= 0.3 is 0 Å². The molecule has 1 fully saturated rings. The van der Waals surface area contributed by atoms with Gasteiger partial charge in [-0.25, -0.2) is 0 Å². The lowest BCUT2D eigenvalue weighted by Gasteiger charge is -2.24. The third-order valence-electron chi connectivity index (χ3n) is 3.62. The second-order valence-corrected chi connectivity index (χ2v) is 5.05. The molecular formula is C15H22N2O2. The molecule has 0 bridgehead atoms. The van der Waals surface area contributed by atoms with Crippen molar-refractivity contribution in [2.24, 2.45) is 5.92 Å². The summed E-state index contributed by atoms with van der Waals surface area (Å²) in [6.45, 7) is 3.81. The monoisotopic (exact) mass is 262 g/mol. The van der Waals surface area contributed by atoms with Crippen molar-refractivity contribution in [2.45, 2.75) is 25.8 Å². The Hall–Kier alpha value is -1.55. The van der Waals surface area contributed by atoms with Crippen LogP contribution in [0, 0.1) is 5.92 Å². The highest BCUT2D eigenvalue weighted by Crippen LogP contribution is 2.20. The van der Waals surface area contributed by atoms with Crippen LogP contribution < -0.4 is 15.4 Å². The number of amides is 1. The van der Waals surface area contributed by atoms with Crippen molar-refractivity contribution >= 4 is 5.91 Å². The van der Waals surface area contributed by atoms with Gasteiger partial charge in [-0.05, 0) is 44.0 Å². The number of carbonyl (C=O) groups is 1. The average Bonchev–Trinajstić information content (AvgIpc) is 2.48. The summed E-state index contributed by atoms with van der Waals surface area (Å²) in [5.41, 5.74) is 1.07. The van der Waals surface area contributed by atoms with Gasteiger partial charge in [0, 0.05) is 6.54 Å². The Morgan fingerprint density at radius 2 is 2.37 bits per heavy atom. The van der Waals surface area contributed by atoms with Crippen LogP contribution in [0.1, 0.15) is 31.4 Å². The molecule has 1 saturated heterocycles. The number of rotatable bonds is 4. The summed E-state index contributed by atoms with van der Waals surface area (Å²) in [6.07, 6.45) is 2.05. The Bertz CT molecular complexity index is 428. The summed E-state index contributed by atoms with van der Waals surface area (Å²) < 4.78 is 5.20. The minimum atomic E-state index is 0.00419. The normalized spacial score (nSPS) is 20.6. The van der Waals surface area contributed by atoms with Crippen LogP contribution in [-0.2, 0) is 4.79 Å². The van der Waals surface area contributed by atoms with E-state index in [2.05, 4.69) is 10.6 Å². The molecule has 0 saturated carbocycles. The Balaban J connectivity index is 1.95. The molecule has 1 unspecified atom stereocenters. The quantitative estimate of drug-likeness (QED) is 0.871. The van der Waals surface area contributed by atoms with E-state index in [0.29, 0.717) is 0 Å². The predicted molar refractivity (Wildman–Crippen MR) is 75.1 cm³/mol. The number of benzene rings is 1. The molecule has 1 amide bonds.